The zero-order valence-electron chi connectivity index (χ0n) is 20.4. The molecule has 3 heterocycles. The van der Waals surface area contributed by atoms with Crippen molar-refractivity contribution in [3.63, 3.8) is 0 Å². The number of fused-ring (bicyclic) bond motifs is 1. The number of Topliss-reactive ketones (excluding diaryl/α,β-unsaturated/α-hetero) is 1. The Bertz CT molecular complexity index is 1150. The molecule has 1 fully saturated rings. The van der Waals surface area contributed by atoms with Crippen LogP contribution in [-0.4, -0.2) is 48.4 Å². The van der Waals surface area contributed by atoms with E-state index in [1.807, 2.05) is 26.0 Å². The molecule has 35 heavy (non-hydrogen) atoms. The molecule has 1 saturated heterocycles. The summed E-state index contributed by atoms with van der Waals surface area (Å²) in [6.07, 6.45) is 6.63. The number of hydrogen-bond donors (Lipinski definition) is 2. The van der Waals surface area contributed by atoms with Gasteiger partial charge in [0.15, 0.2) is 5.78 Å². The number of carbonyl (C=O) groups is 3. The number of anilines is 1. The predicted octanol–water partition coefficient (Wildman–Crippen LogP) is 5.33. The van der Waals surface area contributed by atoms with E-state index in [0.29, 0.717) is 37.3 Å². The Morgan fingerprint density at radius 1 is 1.23 bits per heavy atom. The number of allylic oxidation sites excluding steroid dienone is 3. The number of nitrogens with one attached hydrogen (secondary N) is 2. The second-order valence-corrected chi connectivity index (χ2v) is 9.66. The van der Waals surface area contributed by atoms with Gasteiger partial charge in [-0.05, 0) is 49.8 Å². The number of aryl methyl sites for hydroxylation is 1. The first-order valence-corrected chi connectivity index (χ1v) is 12.6. The monoisotopic (exact) mass is 495 g/mol. The second kappa shape index (κ2) is 11.8. The van der Waals surface area contributed by atoms with Crippen LogP contribution in [0.5, 0.6) is 0 Å². The number of urea groups is 1. The Morgan fingerprint density at radius 3 is 2.66 bits per heavy atom. The number of hydrogen-bond acceptors (Lipinski definition) is 5. The van der Waals surface area contributed by atoms with Gasteiger partial charge in [0.1, 0.15) is 16.4 Å². The van der Waals surface area contributed by atoms with Crippen molar-refractivity contribution < 1.29 is 19.1 Å². The zero-order chi connectivity index (χ0) is 25.4. The highest BCUT2D eigenvalue weighted by Crippen LogP contribution is 2.38. The van der Waals surface area contributed by atoms with Crippen molar-refractivity contribution in [1.82, 2.24) is 10.2 Å². The number of nitrogens with zero attached hydrogens (tertiary/aromatic N) is 1. The molecule has 2 aliphatic heterocycles. The van der Waals surface area contributed by atoms with Crippen LogP contribution in [0.2, 0.25) is 0 Å². The van der Waals surface area contributed by atoms with Crippen molar-refractivity contribution in [3.05, 3.63) is 66.5 Å². The van der Waals surface area contributed by atoms with E-state index in [1.54, 1.807) is 22.3 Å². The summed E-state index contributed by atoms with van der Waals surface area (Å²) in [6.45, 7) is 13.3. The maximum absolute atomic E-state index is 12.2. The SMILES string of the molecule is C=CC1=C(C=C)C(=O)CC2(CCCN(C=O)CC2)O1.CCNC(=O)Nc1sc2ccccc2c1C. The third kappa shape index (κ3) is 6.19. The molecule has 0 saturated carbocycles. The highest BCUT2D eigenvalue weighted by Gasteiger charge is 2.41. The zero-order valence-corrected chi connectivity index (χ0v) is 21.2. The maximum Gasteiger partial charge on any atom is 0.319 e. The van der Waals surface area contributed by atoms with Gasteiger partial charge in [-0.2, -0.15) is 0 Å². The lowest BCUT2D eigenvalue weighted by Crippen LogP contribution is -2.40. The van der Waals surface area contributed by atoms with Crippen molar-refractivity contribution >= 4 is 44.6 Å². The van der Waals surface area contributed by atoms with E-state index in [-0.39, 0.29) is 11.8 Å². The standard InChI is InChI=1S/C15H19NO3.C12H14N2OS/c1-3-12-13(18)10-15(19-14(12)4-2)6-5-8-16(11-17)9-7-15;1-3-13-12(15)14-11-8(2)9-6-4-5-7-10(9)16-11/h3-4,11H,1-2,5-10H2;4-7H,3H2,1-2H3,(H2,13,14,15). The Balaban J connectivity index is 0.000000198. The molecule has 2 aromatic rings. The predicted molar refractivity (Wildman–Crippen MR) is 142 cm³/mol. The minimum absolute atomic E-state index is 0.0516. The van der Waals surface area contributed by atoms with E-state index in [1.165, 1.54) is 16.2 Å². The van der Waals surface area contributed by atoms with E-state index in [9.17, 15) is 14.4 Å². The highest BCUT2D eigenvalue weighted by molar-refractivity contribution is 7.23. The largest absolute Gasteiger partial charge is 0.486 e. The van der Waals surface area contributed by atoms with Crippen molar-refractivity contribution in [3.8, 4) is 0 Å². The van der Waals surface area contributed by atoms with Crippen LogP contribution in [0.15, 0.2) is 60.9 Å². The normalized spacial score (nSPS) is 19.8. The number of ketones is 1. The lowest BCUT2D eigenvalue weighted by atomic mass is 9.84. The summed E-state index contributed by atoms with van der Waals surface area (Å²) in [5.41, 5.74) is 1.16. The Labute approximate surface area is 210 Å². The van der Waals surface area contributed by atoms with Crippen molar-refractivity contribution in [2.45, 2.75) is 45.1 Å². The highest BCUT2D eigenvalue weighted by atomic mass is 32.1. The molecule has 7 nitrogen and oxygen atoms in total. The van der Waals surface area contributed by atoms with Crippen LogP contribution in [0.3, 0.4) is 0 Å². The summed E-state index contributed by atoms with van der Waals surface area (Å²) in [7, 11) is 0. The minimum atomic E-state index is -0.481. The summed E-state index contributed by atoms with van der Waals surface area (Å²) >= 11 is 1.61. The third-order valence-corrected chi connectivity index (χ3v) is 7.44. The molecule has 1 spiro atoms. The van der Waals surface area contributed by atoms with Crippen LogP contribution >= 0.6 is 11.3 Å². The third-order valence-electron chi connectivity index (χ3n) is 6.25. The Kier molecular flexibility index (Phi) is 8.87. The van der Waals surface area contributed by atoms with Gasteiger partial charge in [-0.3, -0.25) is 14.9 Å². The number of carbonyl (C=O) groups excluding carboxylic acids is 3. The summed E-state index contributed by atoms with van der Waals surface area (Å²) in [6, 6.07) is 8.02. The maximum atomic E-state index is 12.2. The fourth-order valence-corrected chi connectivity index (χ4v) is 5.49. The summed E-state index contributed by atoms with van der Waals surface area (Å²) < 4.78 is 7.24. The molecule has 1 atom stereocenters. The van der Waals surface area contributed by atoms with Crippen LogP contribution < -0.4 is 10.6 Å². The van der Waals surface area contributed by atoms with Crippen molar-refractivity contribution in [2.75, 3.05) is 25.0 Å². The summed E-state index contributed by atoms with van der Waals surface area (Å²) in [5.74, 6) is 0.571. The molecule has 186 valence electrons. The number of ether oxygens (including phenoxy) is 1. The quantitative estimate of drug-likeness (QED) is 0.549. The van der Waals surface area contributed by atoms with Gasteiger partial charge in [-0.1, -0.05) is 37.4 Å². The first kappa shape index (κ1) is 26.2. The Hall–Kier alpha value is -3.39. The summed E-state index contributed by atoms with van der Waals surface area (Å²) in [4.78, 5) is 36.2. The van der Waals surface area contributed by atoms with Gasteiger partial charge in [0.05, 0.1) is 12.0 Å². The van der Waals surface area contributed by atoms with E-state index < -0.39 is 5.60 Å². The second-order valence-electron chi connectivity index (χ2n) is 8.60. The topological polar surface area (TPSA) is 87.7 Å². The fourth-order valence-electron chi connectivity index (χ4n) is 4.39. The molecule has 0 bridgehead atoms. The van der Waals surface area contributed by atoms with E-state index in [0.717, 1.165) is 36.4 Å². The number of amides is 3. The van der Waals surface area contributed by atoms with Gasteiger partial charge in [0, 0.05) is 30.8 Å². The molecule has 2 aliphatic rings. The van der Waals surface area contributed by atoms with Gasteiger partial charge in [0.25, 0.3) is 0 Å². The summed E-state index contributed by atoms with van der Waals surface area (Å²) in [5, 5.41) is 7.72. The number of benzene rings is 1. The molecule has 2 N–H and O–H groups in total. The van der Waals surface area contributed by atoms with Crippen molar-refractivity contribution in [1.29, 1.82) is 0 Å². The van der Waals surface area contributed by atoms with Gasteiger partial charge in [-0.25, -0.2) is 4.79 Å². The molecule has 8 heteroatoms. The van der Waals surface area contributed by atoms with E-state index in [4.69, 9.17) is 4.74 Å². The van der Waals surface area contributed by atoms with Gasteiger partial charge < -0.3 is 15.0 Å². The smallest absolute Gasteiger partial charge is 0.319 e. The number of rotatable bonds is 5. The average Bonchev–Trinajstić information content (AvgIpc) is 3.03. The molecule has 1 aromatic carbocycles. The first-order valence-electron chi connectivity index (χ1n) is 11.8. The lowest BCUT2D eigenvalue weighted by molar-refractivity contribution is -0.125. The number of likely N-dealkylation sites (tertiary alicyclic amines) is 1. The molecule has 1 aromatic heterocycles. The molecular formula is C27H33N3O4S. The van der Waals surface area contributed by atoms with E-state index in [2.05, 4.69) is 35.9 Å². The molecule has 1 unspecified atom stereocenters. The fraction of sp³-hybridized carbons (Fsp3) is 0.370. The van der Waals surface area contributed by atoms with E-state index >= 15 is 0 Å². The lowest BCUT2D eigenvalue weighted by Gasteiger charge is -2.37. The minimum Gasteiger partial charge on any atom is -0.486 e. The first-order chi connectivity index (χ1) is 16.9. The van der Waals surface area contributed by atoms with Crippen LogP contribution in [0.1, 0.15) is 38.2 Å². The van der Waals surface area contributed by atoms with Gasteiger partial charge in [0.2, 0.25) is 6.41 Å². The molecule has 0 radical (unpaired) electrons. The van der Waals surface area contributed by atoms with Crippen LogP contribution in [0, 0.1) is 6.92 Å². The molecule has 3 amide bonds. The van der Waals surface area contributed by atoms with Gasteiger partial charge in [-0.15, -0.1) is 11.3 Å². The molecule has 0 aliphatic carbocycles. The molecular weight excluding hydrogens is 462 g/mol. The molecule has 4 rings (SSSR count). The number of thiophene rings is 1. The average molecular weight is 496 g/mol. The van der Waals surface area contributed by atoms with Crippen LogP contribution in [-0.2, 0) is 14.3 Å². The van der Waals surface area contributed by atoms with Crippen LogP contribution in [0.25, 0.3) is 10.1 Å². The van der Waals surface area contributed by atoms with Gasteiger partial charge >= 0.3 is 6.03 Å². The Morgan fingerprint density at radius 2 is 2.00 bits per heavy atom. The van der Waals surface area contributed by atoms with Crippen LogP contribution in [0.4, 0.5) is 9.80 Å². The van der Waals surface area contributed by atoms with Crippen molar-refractivity contribution in [2.24, 2.45) is 0 Å².